The largest absolute Gasteiger partial charge is 0.496 e. The summed E-state index contributed by atoms with van der Waals surface area (Å²) in [6.45, 7) is 3.75. The number of rotatable bonds is 8. The minimum atomic E-state index is -0.704. The Balaban J connectivity index is 2.24. The molecule has 0 unspecified atom stereocenters. The van der Waals surface area contributed by atoms with Crippen LogP contribution in [-0.4, -0.2) is 32.3 Å². The highest BCUT2D eigenvalue weighted by Gasteiger charge is 2.22. The van der Waals surface area contributed by atoms with Crippen LogP contribution in [0.25, 0.3) is 0 Å². The highest BCUT2D eigenvalue weighted by Crippen LogP contribution is 2.38. The Hall–Kier alpha value is -2.50. The molecule has 0 saturated heterocycles. The van der Waals surface area contributed by atoms with Gasteiger partial charge in [0, 0.05) is 11.9 Å². The number of benzene rings is 1. The molecule has 1 aromatic rings. The van der Waals surface area contributed by atoms with E-state index < -0.39 is 11.9 Å². The van der Waals surface area contributed by atoms with Gasteiger partial charge in [-0.15, -0.1) is 0 Å². The van der Waals surface area contributed by atoms with E-state index in [1.807, 2.05) is 18.2 Å². The molecule has 0 spiro atoms. The molecule has 0 bridgehead atoms. The van der Waals surface area contributed by atoms with E-state index in [9.17, 15) is 9.59 Å². The molecule has 148 valence electrons. The van der Waals surface area contributed by atoms with E-state index >= 15 is 0 Å². The van der Waals surface area contributed by atoms with E-state index in [4.69, 9.17) is 14.2 Å². The van der Waals surface area contributed by atoms with Crippen LogP contribution in [0.4, 0.5) is 5.69 Å². The summed E-state index contributed by atoms with van der Waals surface area (Å²) in [6.07, 6.45) is 7.37. The van der Waals surface area contributed by atoms with E-state index in [0.717, 1.165) is 29.8 Å². The molecule has 0 amide bonds. The molecule has 1 saturated carbocycles. The average molecular weight is 375 g/mol. The van der Waals surface area contributed by atoms with Gasteiger partial charge in [0.25, 0.3) is 0 Å². The second-order valence-corrected chi connectivity index (χ2v) is 6.43. The highest BCUT2D eigenvalue weighted by molar-refractivity contribution is 6.14. The van der Waals surface area contributed by atoms with Crippen molar-refractivity contribution < 1.29 is 23.8 Å². The molecular weight excluding hydrogens is 346 g/mol. The fourth-order valence-electron chi connectivity index (χ4n) is 3.33. The maximum absolute atomic E-state index is 12.0. The van der Waals surface area contributed by atoms with Gasteiger partial charge >= 0.3 is 11.9 Å². The molecule has 27 heavy (non-hydrogen) atoms. The first-order valence-electron chi connectivity index (χ1n) is 9.59. The predicted octanol–water partition coefficient (Wildman–Crippen LogP) is 4.16. The number of ether oxygens (including phenoxy) is 3. The van der Waals surface area contributed by atoms with Crippen LogP contribution < -0.4 is 10.1 Å². The first kappa shape index (κ1) is 20.8. The SMILES string of the molecule is CCOC(=O)C(=CNc1ccc(OC)c(C2CCCCC2)c1)C(=O)OCC. The summed E-state index contributed by atoms with van der Waals surface area (Å²) in [5, 5.41) is 3.03. The Labute approximate surface area is 160 Å². The Bertz CT molecular complexity index is 657. The zero-order valence-corrected chi connectivity index (χ0v) is 16.4. The monoisotopic (exact) mass is 375 g/mol. The van der Waals surface area contributed by atoms with Crippen LogP contribution in [0.15, 0.2) is 30.0 Å². The summed E-state index contributed by atoms with van der Waals surface area (Å²) in [4.78, 5) is 24.1. The van der Waals surface area contributed by atoms with Gasteiger partial charge in [0.2, 0.25) is 0 Å². The first-order chi connectivity index (χ1) is 13.1. The molecule has 0 aromatic heterocycles. The van der Waals surface area contributed by atoms with Crippen molar-refractivity contribution in [2.45, 2.75) is 51.9 Å². The van der Waals surface area contributed by atoms with Crippen molar-refractivity contribution in [3.8, 4) is 5.75 Å². The van der Waals surface area contributed by atoms with Gasteiger partial charge in [-0.1, -0.05) is 19.3 Å². The van der Waals surface area contributed by atoms with Gasteiger partial charge in [0.1, 0.15) is 5.75 Å². The Morgan fingerprint density at radius 2 is 1.70 bits per heavy atom. The molecule has 2 rings (SSSR count). The van der Waals surface area contributed by atoms with Gasteiger partial charge in [-0.2, -0.15) is 0 Å². The number of nitrogens with one attached hydrogen (secondary N) is 1. The number of hydrogen-bond donors (Lipinski definition) is 1. The third kappa shape index (κ3) is 5.74. The van der Waals surface area contributed by atoms with E-state index in [0.29, 0.717) is 5.92 Å². The van der Waals surface area contributed by atoms with Crippen molar-refractivity contribution in [2.75, 3.05) is 25.6 Å². The van der Waals surface area contributed by atoms with Crippen LogP contribution in [0, 0.1) is 0 Å². The molecule has 0 aliphatic heterocycles. The molecule has 0 radical (unpaired) electrons. The summed E-state index contributed by atoms with van der Waals surface area (Å²) in [7, 11) is 1.67. The lowest BCUT2D eigenvalue weighted by molar-refractivity contribution is -0.146. The summed E-state index contributed by atoms with van der Waals surface area (Å²) in [5.41, 5.74) is 1.78. The van der Waals surface area contributed by atoms with Gasteiger partial charge < -0.3 is 19.5 Å². The van der Waals surface area contributed by atoms with Gasteiger partial charge in [-0.05, 0) is 56.4 Å². The lowest BCUT2D eigenvalue weighted by atomic mass is 9.83. The number of anilines is 1. The fraction of sp³-hybridized carbons (Fsp3) is 0.524. The maximum atomic E-state index is 12.0. The summed E-state index contributed by atoms with van der Waals surface area (Å²) in [5.74, 6) is -0.0737. The van der Waals surface area contributed by atoms with Crippen molar-refractivity contribution in [3.05, 3.63) is 35.5 Å². The second kappa shape index (κ2) is 10.6. The van der Waals surface area contributed by atoms with Gasteiger partial charge in [-0.25, -0.2) is 9.59 Å². The summed E-state index contributed by atoms with van der Waals surface area (Å²) < 4.78 is 15.4. The van der Waals surface area contributed by atoms with E-state index in [1.54, 1.807) is 21.0 Å². The topological polar surface area (TPSA) is 73.9 Å². The van der Waals surface area contributed by atoms with E-state index in [1.165, 1.54) is 25.5 Å². The Morgan fingerprint density at radius 3 is 2.26 bits per heavy atom. The molecule has 6 heteroatoms. The first-order valence-corrected chi connectivity index (χ1v) is 9.59. The van der Waals surface area contributed by atoms with E-state index in [-0.39, 0.29) is 18.8 Å². The van der Waals surface area contributed by atoms with Crippen molar-refractivity contribution in [1.29, 1.82) is 0 Å². The summed E-state index contributed by atoms with van der Waals surface area (Å²) in [6, 6.07) is 5.79. The fourth-order valence-corrected chi connectivity index (χ4v) is 3.33. The normalized spacial score (nSPS) is 14.2. The lowest BCUT2D eigenvalue weighted by Gasteiger charge is -2.24. The smallest absolute Gasteiger partial charge is 0.347 e. The Morgan fingerprint density at radius 1 is 1.07 bits per heavy atom. The third-order valence-electron chi connectivity index (χ3n) is 4.65. The minimum absolute atomic E-state index is 0.159. The van der Waals surface area contributed by atoms with Crippen LogP contribution in [-0.2, 0) is 19.1 Å². The van der Waals surface area contributed by atoms with Gasteiger partial charge in [-0.3, -0.25) is 0 Å². The maximum Gasteiger partial charge on any atom is 0.347 e. The molecule has 1 aliphatic rings. The van der Waals surface area contributed by atoms with Gasteiger partial charge in [0.05, 0.1) is 20.3 Å². The Kier molecular flexibility index (Phi) is 8.17. The molecule has 1 fully saturated rings. The van der Waals surface area contributed by atoms with Crippen LogP contribution in [0.5, 0.6) is 5.75 Å². The highest BCUT2D eigenvalue weighted by atomic mass is 16.6. The van der Waals surface area contributed by atoms with Crippen LogP contribution >= 0.6 is 0 Å². The minimum Gasteiger partial charge on any atom is -0.496 e. The molecule has 1 aromatic carbocycles. The van der Waals surface area contributed by atoms with E-state index in [2.05, 4.69) is 5.32 Å². The average Bonchev–Trinajstić information content (AvgIpc) is 2.69. The molecule has 1 aliphatic carbocycles. The molecule has 0 heterocycles. The number of hydrogen-bond acceptors (Lipinski definition) is 6. The number of carbonyl (C=O) groups excluding carboxylic acids is 2. The third-order valence-corrected chi connectivity index (χ3v) is 4.65. The molecule has 6 nitrogen and oxygen atoms in total. The van der Waals surface area contributed by atoms with Crippen LogP contribution in [0.1, 0.15) is 57.4 Å². The quantitative estimate of drug-likeness (QED) is 0.318. The van der Waals surface area contributed by atoms with Gasteiger partial charge in [0.15, 0.2) is 5.57 Å². The van der Waals surface area contributed by atoms with Crippen molar-refractivity contribution in [2.24, 2.45) is 0 Å². The zero-order valence-electron chi connectivity index (χ0n) is 16.4. The number of methoxy groups -OCH3 is 1. The standard InChI is InChI=1S/C21H29NO5/c1-4-26-20(23)18(21(24)27-5-2)14-22-16-11-12-19(25-3)17(13-16)15-9-7-6-8-10-15/h11-15,22H,4-10H2,1-3H3. The second-order valence-electron chi connectivity index (χ2n) is 6.43. The van der Waals surface area contributed by atoms with Crippen LogP contribution in [0.3, 0.4) is 0 Å². The number of esters is 2. The van der Waals surface area contributed by atoms with Crippen LogP contribution in [0.2, 0.25) is 0 Å². The molecular formula is C21H29NO5. The molecule has 0 atom stereocenters. The number of carbonyl (C=O) groups is 2. The molecule has 1 N–H and O–H groups in total. The predicted molar refractivity (Wildman–Crippen MR) is 104 cm³/mol. The lowest BCUT2D eigenvalue weighted by Crippen LogP contribution is -2.19. The van der Waals surface area contributed by atoms with Crippen molar-refractivity contribution in [3.63, 3.8) is 0 Å². The zero-order chi connectivity index (χ0) is 19.6. The van der Waals surface area contributed by atoms with Crippen molar-refractivity contribution >= 4 is 17.6 Å². The summed E-state index contributed by atoms with van der Waals surface area (Å²) >= 11 is 0. The van der Waals surface area contributed by atoms with Crippen molar-refractivity contribution in [1.82, 2.24) is 0 Å².